The van der Waals surface area contributed by atoms with Crippen LogP contribution in [0.4, 0.5) is 5.69 Å². The Kier molecular flexibility index (Phi) is 4.18. The average Bonchev–Trinajstić information content (AvgIpc) is 2.41. The molecule has 0 fully saturated rings. The third-order valence-corrected chi connectivity index (χ3v) is 2.89. The number of nitrogens with zero attached hydrogens (tertiary/aromatic N) is 1. The molecular weight excluding hydrogens is 236 g/mol. The SMILES string of the molecule is CC(C)c1cccc(C=NNc2ccccc2)c1O. The van der Waals surface area contributed by atoms with Gasteiger partial charge in [-0.3, -0.25) is 5.43 Å². The molecule has 98 valence electrons. The number of phenolic OH excluding ortho intramolecular Hbond substituents is 1. The molecule has 3 nitrogen and oxygen atoms in total. The lowest BCUT2D eigenvalue weighted by Gasteiger charge is -2.09. The molecular formula is C16H18N2O. The zero-order valence-corrected chi connectivity index (χ0v) is 11.2. The van der Waals surface area contributed by atoms with Crippen LogP contribution in [0.25, 0.3) is 0 Å². The second kappa shape index (κ2) is 6.05. The summed E-state index contributed by atoms with van der Waals surface area (Å²) in [5.41, 5.74) is 5.49. The Hall–Kier alpha value is -2.29. The Morgan fingerprint density at radius 2 is 1.79 bits per heavy atom. The molecule has 0 atom stereocenters. The van der Waals surface area contributed by atoms with Gasteiger partial charge in [0.05, 0.1) is 11.9 Å². The number of hydrogen-bond donors (Lipinski definition) is 2. The third-order valence-electron chi connectivity index (χ3n) is 2.89. The van der Waals surface area contributed by atoms with E-state index in [9.17, 15) is 5.11 Å². The van der Waals surface area contributed by atoms with E-state index in [4.69, 9.17) is 0 Å². The molecule has 0 aliphatic heterocycles. The van der Waals surface area contributed by atoms with E-state index in [-0.39, 0.29) is 5.92 Å². The van der Waals surface area contributed by atoms with E-state index in [2.05, 4.69) is 24.4 Å². The normalized spacial score (nSPS) is 11.1. The summed E-state index contributed by atoms with van der Waals surface area (Å²) in [6, 6.07) is 15.4. The second-order valence-electron chi connectivity index (χ2n) is 4.68. The maximum atomic E-state index is 10.1. The van der Waals surface area contributed by atoms with E-state index in [0.717, 1.165) is 16.8 Å². The van der Waals surface area contributed by atoms with Crippen molar-refractivity contribution in [1.29, 1.82) is 0 Å². The number of nitrogens with one attached hydrogen (secondary N) is 1. The zero-order chi connectivity index (χ0) is 13.7. The summed E-state index contributed by atoms with van der Waals surface area (Å²) in [6.07, 6.45) is 1.63. The van der Waals surface area contributed by atoms with Gasteiger partial charge in [0.1, 0.15) is 5.75 Å². The molecule has 0 aromatic heterocycles. The second-order valence-corrected chi connectivity index (χ2v) is 4.68. The number of hydrogen-bond acceptors (Lipinski definition) is 3. The van der Waals surface area contributed by atoms with Crippen LogP contribution in [0.1, 0.15) is 30.9 Å². The summed E-state index contributed by atoms with van der Waals surface area (Å²) in [5.74, 6) is 0.589. The van der Waals surface area contributed by atoms with Crippen LogP contribution >= 0.6 is 0 Å². The molecule has 0 radical (unpaired) electrons. The van der Waals surface area contributed by atoms with Crippen molar-refractivity contribution in [2.24, 2.45) is 5.10 Å². The van der Waals surface area contributed by atoms with Crippen LogP contribution in [0.3, 0.4) is 0 Å². The highest BCUT2D eigenvalue weighted by Gasteiger charge is 2.08. The average molecular weight is 254 g/mol. The van der Waals surface area contributed by atoms with Crippen molar-refractivity contribution >= 4 is 11.9 Å². The molecule has 0 saturated heterocycles. The number of benzene rings is 2. The minimum Gasteiger partial charge on any atom is -0.507 e. The van der Waals surface area contributed by atoms with Gasteiger partial charge in [-0.15, -0.1) is 0 Å². The summed E-state index contributed by atoms with van der Waals surface area (Å²) in [6.45, 7) is 4.11. The molecule has 19 heavy (non-hydrogen) atoms. The number of aromatic hydroxyl groups is 1. The van der Waals surface area contributed by atoms with Gasteiger partial charge in [0, 0.05) is 5.56 Å². The molecule has 0 unspecified atom stereocenters. The number of hydrazone groups is 1. The third kappa shape index (κ3) is 3.35. The van der Waals surface area contributed by atoms with Crippen LogP contribution in [-0.2, 0) is 0 Å². The summed E-state index contributed by atoms with van der Waals surface area (Å²) >= 11 is 0. The minimum absolute atomic E-state index is 0.287. The first-order valence-electron chi connectivity index (χ1n) is 6.34. The van der Waals surface area contributed by atoms with Crippen molar-refractivity contribution in [2.75, 3.05) is 5.43 Å². The molecule has 2 rings (SSSR count). The fourth-order valence-electron chi connectivity index (χ4n) is 1.84. The Labute approximate surface area is 113 Å². The number of para-hydroxylation sites is 2. The van der Waals surface area contributed by atoms with Crippen molar-refractivity contribution in [2.45, 2.75) is 19.8 Å². The fourth-order valence-corrected chi connectivity index (χ4v) is 1.84. The van der Waals surface area contributed by atoms with Gasteiger partial charge < -0.3 is 5.11 Å². The van der Waals surface area contributed by atoms with Gasteiger partial charge in [-0.1, -0.05) is 44.2 Å². The predicted octanol–water partition coefficient (Wildman–Crippen LogP) is 3.96. The lowest BCUT2D eigenvalue weighted by Crippen LogP contribution is -1.94. The highest BCUT2D eigenvalue weighted by atomic mass is 16.3. The van der Waals surface area contributed by atoms with Gasteiger partial charge in [-0.2, -0.15) is 5.10 Å². The topological polar surface area (TPSA) is 44.6 Å². The predicted molar refractivity (Wildman–Crippen MR) is 79.9 cm³/mol. The van der Waals surface area contributed by atoms with E-state index < -0.39 is 0 Å². The van der Waals surface area contributed by atoms with Crippen LogP contribution in [0, 0.1) is 0 Å². The van der Waals surface area contributed by atoms with Crippen LogP contribution in [-0.4, -0.2) is 11.3 Å². The van der Waals surface area contributed by atoms with Crippen LogP contribution in [0.5, 0.6) is 5.75 Å². The first-order chi connectivity index (χ1) is 9.18. The smallest absolute Gasteiger partial charge is 0.127 e. The van der Waals surface area contributed by atoms with Gasteiger partial charge in [0.25, 0.3) is 0 Å². The summed E-state index contributed by atoms with van der Waals surface area (Å²) in [5, 5.41) is 14.3. The molecule has 0 bridgehead atoms. The van der Waals surface area contributed by atoms with Crippen molar-refractivity contribution in [3.63, 3.8) is 0 Å². The first kappa shape index (κ1) is 13.1. The molecule has 2 N–H and O–H groups in total. The molecule has 0 heterocycles. The maximum absolute atomic E-state index is 10.1. The quantitative estimate of drug-likeness (QED) is 0.640. The van der Waals surface area contributed by atoms with Gasteiger partial charge in [-0.25, -0.2) is 0 Å². The number of anilines is 1. The van der Waals surface area contributed by atoms with Gasteiger partial charge in [0.15, 0.2) is 0 Å². The molecule has 0 aliphatic rings. The number of phenols is 1. The zero-order valence-electron chi connectivity index (χ0n) is 11.2. The Morgan fingerprint density at radius 3 is 2.47 bits per heavy atom. The van der Waals surface area contributed by atoms with E-state index in [1.165, 1.54) is 0 Å². The highest BCUT2D eigenvalue weighted by molar-refractivity contribution is 5.84. The summed E-state index contributed by atoms with van der Waals surface area (Å²) < 4.78 is 0. The fraction of sp³-hybridized carbons (Fsp3) is 0.188. The molecule has 2 aromatic rings. The lowest BCUT2D eigenvalue weighted by molar-refractivity contribution is 0.464. The monoisotopic (exact) mass is 254 g/mol. The van der Waals surface area contributed by atoms with Crippen LogP contribution in [0.2, 0.25) is 0 Å². The van der Waals surface area contributed by atoms with Crippen molar-refractivity contribution in [3.05, 3.63) is 59.7 Å². The first-order valence-corrected chi connectivity index (χ1v) is 6.34. The maximum Gasteiger partial charge on any atom is 0.127 e. The van der Waals surface area contributed by atoms with Crippen molar-refractivity contribution < 1.29 is 5.11 Å². The summed E-state index contributed by atoms with van der Waals surface area (Å²) in [7, 11) is 0. The molecule has 2 aromatic carbocycles. The van der Waals surface area contributed by atoms with E-state index >= 15 is 0 Å². The Bertz CT molecular complexity index is 562. The largest absolute Gasteiger partial charge is 0.507 e. The summed E-state index contributed by atoms with van der Waals surface area (Å²) in [4.78, 5) is 0. The van der Waals surface area contributed by atoms with Crippen molar-refractivity contribution in [3.8, 4) is 5.75 Å². The minimum atomic E-state index is 0.287. The lowest BCUT2D eigenvalue weighted by atomic mass is 9.99. The van der Waals surface area contributed by atoms with Gasteiger partial charge in [0.2, 0.25) is 0 Å². The van der Waals surface area contributed by atoms with Crippen LogP contribution in [0.15, 0.2) is 53.6 Å². The molecule has 0 spiro atoms. The standard InChI is InChI=1S/C16H18N2O/c1-12(2)15-10-6-7-13(16(15)19)11-17-18-14-8-4-3-5-9-14/h3-12,18-19H,1-2H3. The molecule has 0 saturated carbocycles. The van der Waals surface area contributed by atoms with Crippen molar-refractivity contribution in [1.82, 2.24) is 0 Å². The van der Waals surface area contributed by atoms with Gasteiger partial charge in [-0.05, 0) is 29.7 Å². The van der Waals surface area contributed by atoms with E-state index in [1.807, 2.05) is 48.5 Å². The van der Waals surface area contributed by atoms with Crippen LogP contribution < -0.4 is 5.43 Å². The van der Waals surface area contributed by atoms with Gasteiger partial charge >= 0.3 is 0 Å². The molecule has 0 aliphatic carbocycles. The molecule has 3 heteroatoms. The van der Waals surface area contributed by atoms with E-state index in [1.54, 1.807) is 6.21 Å². The Morgan fingerprint density at radius 1 is 1.05 bits per heavy atom. The highest BCUT2D eigenvalue weighted by Crippen LogP contribution is 2.27. The Balaban J connectivity index is 2.13. The number of rotatable bonds is 4. The van der Waals surface area contributed by atoms with E-state index in [0.29, 0.717) is 5.75 Å². The molecule has 0 amide bonds.